The first-order valence-electron chi connectivity index (χ1n) is 50.0. The Bertz CT molecular complexity index is 10600. The molecule has 0 saturated carbocycles. The van der Waals surface area contributed by atoms with Crippen molar-refractivity contribution < 1.29 is 13.3 Å². The smallest absolute Gasteiger partial charge is 0.143 e. The van der Waals surface area contributed by atoms with Crippen LogP contribution in [0.1, 0.15) is 0 Å². The number of fused-ring (bicyclic) bond motifs is 25. The molecule has 0 aliphatic carbocycles. The van der Waals surface area contributed by atoms with E-state index in [4.69, 9.17) is 13.3 Å². The molecule has 3 nitrogen and oxygen atoms in total. The van der Waals surface area contributed by atoms with Crippen molar-refractivity contribution in [2.45, 2.75) is 0 Å². The molecule has 0 fully saturated rings. The lowest BCUT2D eigenvalue weighted by molar-refractivity contribution is 0.669. The second-order valence-electron chi connectivity index (χ2n) is 38.3. The van der Waals surface area contributed by atoms with Gasteiger partial charge in [-0.1, -0.05) is 455 Å². The summed E-state index contributed by atoms with van der Waals surface area (Å²) in [4.78, 5) is 0. The Balaban J connectivity index is 0.000000103. The van der Waals surface area contributed by atoms with Crippen LogP contribution in [0.3, 0.4) is 0 Å². The first-order chi connectivity index (χ1) is 72.0. The minimum Gasteiger partial charge on any atom is -0.456 e. The first kappa shape index (κ1) is 83.0. The van der Waals surface area contributed by atoms with Gasteiger partial charge in [0.15, 0.2) is 0 Å². The Labute approximate surface area is 834 Å². The third-order valence-corrected chi connectivity index (χ3v) is 30.5. The van der Waals surface area contributed by atoms with E-state index in [0.29, 0.717) is 0 Å². The van der Waals surface area contributed by atoms with Gasteiger partial charge < -0.3 is 13.3 Å². The SMILES string of the molecule is c1ccc(-c2cc(-c3c4ccccc4c(-c4cc5ccccc5c5ccccc45)c4ccccc34)cc3c2oc2ccccc23)cc1.c1ccc(-c2cc3oc4ccccc4c3cc2-c2c3ccccc3c(-c3cc4ccccc4c4ccccc34)c3ccccc23)cc1.c1ccc2c(-c3cccc4c3oc3ccc(-c5c6ccccc6c(-c6cc7ccccc7c7ccccc67)c6ccccc56)cc34)cccc2c1. The number of rotatable bonds is 9. The molecule has 0 N–H and O–H groups in total. The molecular formula is C142H86O3. The zero-order valence-electron chi connectivity index (χ0n) is 78.9. The van der Waals surface area contributed by atoms with Crippen molar-refractivity contribution in [3.05, 3.63) is 522 Å². The highest BCUT2D eigenvalue weighted by Crippen LogP contribution is 2.55. The van der Waals surface area contributed by atoms with E-state index >= 15 is 0 Å². The highest BCUT2D eigenvalue weighted by molar-refractivity contribution is 6.32. The predicted octanol–water partition coefficient (Wildman–Crippen LogP) is 40.8. The fraction of sp³-hybridized carbons (Fsp3) is 0. The monoisotopic (exact) mass is 1840 g/mol. The average molecular weight is 1840 g/mol. The Kier molecular flexibility index (Phi) is 19.4. The van der Waals surface area contributed by atoms with Crippen LogP contribution in [0.15, 0.2) is 535 Å². The first-order valence-corrected chi connectivity index (χ1v) is 50.0. The van der Waals surface area contributed by atoms with Gasteiger partial charge in [0.1, 0.15) is 33.5 Å². The van der Waals surface area contributed by atoms with E-state index in [-0.39, 0.29) is 0 Å². The molecule has 31 aromatic rings. The van der Waals surface area contributed by atoms with Crippen LogP contribution >= 0.6 is 0 Å². The minimum absolute atomic E-state index is 0.898. The van der Waals surface area contributed by atoms with Crippen molar-refractivity contribution in [2.24, 2.45) is 0 Å². The maximum atomic E-state index is 6.71. The molecule has 0 aliphatic rings. The molecule has 3 aromatic heterocycles. The van der Waals surface area contributed by atoms with Gasteiger partial charge in [-0.15, -0.1) is 0 Å². The Morgan fingerprint density at radius 2 is 0.386 bits per heavy atom. The van der Waals surface area contributed by atoms with Crippen molar-refractivity contribution >= 4 is 206 Å². The van der Waals surface area contributed by atoms with Gasteiger partial charge in [-0.25, -0.2) is 0 Å². The molecule has 31 rings (SSSR count). The van der Waals surface area contributed by atoms with Crippen molar-refractivity contribution in [1.82, 2.24) is 0 Å². The molecule has 0 spiro atoms. The largest absolute Gasteiger partial charge is 0.456 e. The minimum atomic E-state index is 0.898. The fourth-order valence-corrected chi connectivity index (χ4v) is 24.2. The van der Waals surface area contributed by atoms with E-state index in [1.165, 1.54) is 218 Å². The van der Waals surface area contributed by atoms with E-state index in [1.807, 2.05) is 12.1 Å². The summed E-state index contributed by atoms with van der Waals surface area (Å²) in [6.45, 7) is 0. The second-order valence-corrected chi connectivity index (χ2v) is 38.3. The summed E-state index contributed by atoms with van der Waals surface area (Å²) in [6.07, 6.45) is 0. The zero-order valence-corrected chi connectivity index (χ0v) is 78.9. The van der Waals surface area contributed by atoms with Gasteiger partial charge in [-0.3, -0.25) is 0 Å². The van der Waals surface area contributed by atoms with Crippen LogP contribution in [0.25, 0.3) is 306 Å². The molecule has 0 atom stereocenters. The lowest BCUT2D eigenvalue weighted by Crippen LogP contribution is -1.94. The van der Waals surface area contributed by atoms with Gasteiger partial charge >= 0.3 is 0 Å². The normalized spacial score (nSPS) is 11.9. The lowest BCUT2D eigenvalue weighted by Gasteiger charge is -2.21. The molecule has 0 unspecified atom stereocenters. The fourth-order valence-electron chi connectivity index (χ4n) is 24.2. The molecule has 0 bridgehead atoms. The van der Waals surface area contributed by atoms with Gasteiger partial charge in [0, 0.05) is 43.4 Å². The number of benzene rings is 28. The molecule has 0 amide bonds. The highest BCUT2D eigenvalue weighted by Gasteiger charge is 2.28. The van der Waals surface area contributed by atoms with Crippen molar-refractivity contribution in [3.8, 4) is 100 Å². The van der Waals surface area contributed by atoms with Crippen LogP contribution in [0.5, 0.6) is 0 Å². The quantitative estimate of drug-likeness (QED) is 0.107. The number of para-hydroxylation sites is 3. The van der Waals surface area contributed by atoms with E-state index in [2.05, 4.69) is 510 Å². The topological polar surface area (TPSA) is 39.4 Å². The summed E-state index contributed by atoms with van der Waals surface area (Å²) >= 11 is 0. The van der Waals surface area contributed by atoms with Gasteiger partial charge in [-0.2, -0.15) is 0 Å². The molecule has 145 heavy (non-hydrogen) atoms. The van der Waals surface area contributed by atoms with Crippen molar-refractivity contribution in [2.75, 3.05) is 0 Å². The zero-order chi connectivity index (χ0) is 95.3. The van der Waals surface area contributed by atoms with Gasteiger partial charge in [-0.05, 0) is 296 Å². The predicted molar refractivity (Wildman–Crippen MR) is 618 cm³/mol. The van der Waals surface area contributed by atoms with Gasteiger partial charge in [0.2, 0.25) is 0 Å². The van der Waals surface area contributed by atoms with Crippen LogP contribution in [0, 0.1) is 0 Å². The third kappa shape index (κ3) is 13.4. The highest BCUT2D eigenvalue weighted by atomic mass is 16.3. The lowest BCUT2D eigenvalue weighted by atomic mass is 9.82. The summed E-state index contributed by atoms with van der Waals surface area (Å²) in [6, 6.07) is 189. The Hall–Kier alpha value is -19.1. The third-order valence-electron chi connectivity index (χ3n) is 30.5. The number of hydrogen-bond donors (Lipinski definition) is 0. The maximum absolute atomic E-state index is 6.71. The molecule has 672 valence electrons. The molecule has 0 saturated heterocycles. The van der Waals surface area contributed by atoms with E-state index in [9.17, 15) is 0 Å². The number of furan rings is 3. The molecule has 28 aromatic carbocycles. The van der Waals surface area contributed by atoms with Crippen LogP contribution in [0.2, 0.25) is 0 Å². The average Bonchev–Trinajstić information content (AvgIpc) is 1.64. The Morgan fingerprint density at radius 1 is 0.0966 bits per heavy atom. The standard InChI is InChI=1S/C50H30O.2C46H28O/c1-3-16-34-31(13-1)15-11-24-37(34)43-25-12-26-44-45-30-33(27-28-47(45)51-50(43)44)48-39-20-7-9-22-41(39)49(42-23-10-8-21-40(42)48)46-29-32-14-2-4-17-35(32)36-18-5-6-19-38(36)46;1-2-14-29(15-3-1)40-27-31(28-42-35-20-12-13-25-43(35)47-46(40)42)44-36-21-8-10-23-38(36)45(39-24-11-9-22-37(39)44)41-26-30-16-4-5-17-32(30)33-18-6-7-19-34(33)41;1-2-14-29(15-3-1)39-28-44-40(34-20-12-13-25-43(34)47-44)27-42(39)46-37-23-10-8-21-35(37)45(36-22-9-11-24-38(36)46)41-26-30-16-4-5-17-31(30)32-18-6-7-19-33(32)41/h1-30H;2*1-28H. The number of hydrogen-bond acceptors (Lipinski definition) is 3. The van der Waals surface area contributed by atoms with Crippen LogP contribution in [-0.4, -0.2) is 0 Å². The Morgan fingerprint density at radius 3 is 0.834 bits per heavy atom. The summed E-state index contributed by atoms with van der Waals surface area (Å²) in [7, 11) is 0. The van der Waals surface area contributed by atoms with Crippen molar-refractivity contribution in [1.29, 1.82) is 0 Å². The summed E-state index contributed by atoms with van der Waals surface area (Å²) < 4.78 is 19.7. The molecule has 0 aliphatic heterocycles. The van der Waals surface area contributed by atoms with Crippen LogP contribution in [-0.2, 0) is 0 Å². The van der Waals surface area contributed by atoms with Crippen LogP contribution in [0.4, 0.5) is 0 Å². The van der Waals surface area contributed by atoms with Crippen molar-refractivity contribution in [3.63, 3.8) is 0 Å². The molecule has 3 heteroatoms. The van der Waals surface area contributed by atoms with E-state index in [0.717, 1.165) is 88.1 Å². The van der Waals surface area contributed by atoms with E-state index in [1.54, 1.807) is 0 Å². The summed E-state index contributed by atoms with van der Waals surface area (Å²) in [5, 5.41) is 39.4. The summed E-state index contributed by atoms with van der Waals surface area (Å²) in [5.74, 6) is 0. The molecule has 3 heterocycles. The van der Waals surface area contributed by atoms with Gasteiger partial charge in [0.05, 0.1) is 0 Å². The van der Waals surface area contributed by atoms with Crippen LogP contribution < -0.4 is 0 Å². The molecule has 0 radical (unpaired) electrons. The molecular weight excluding hydrogens is 1750 g/mol. The maximum Gasteiger partial charge on any atom is 0.143 e. The summed E-state index contributed by atoms with van der Waals surface area (Å²) in [5.41, 5.74) is 27.3. The van der Waals surface area contributed by atoms with E-state index < -0.39 is 0 Å². The van der Waals surface area contributed by atoms with Gasteiger partial charge in [0.25, 0.3) is 0 Å². The second kappa shape index (κ2) is 33.9.